The number of carbonyl (C=O) groups excluding carboxylic acids is 1. The third-order valence-corrected chi connectivity index (χ3v) is 3.13. The van der Waals surface area contributed by atoms with Gasteiger partial charge in [-0.3, -0.25) is 4.79 Å². The molecule has 0 rings (SSSR count). The number of likely N-dealkylation sites (N-methyl/N-ethyl adjacent to an activating group) is 1. The van der Waals surface area contributed by atoms with Gasteiger partial charge in [0.15, 0.2) is 0 Å². The summed E-state index contributed by atoms with van der Waals surface area (Å²) in [6.45, 7) is 5.49. The number of aliphatic hydroxyl groups excluding tert-OH is 1. The fourth-order valence-corrected chi connectivity index (χ4v) is 1.53. The molecule has 0 saturated carbocycles. The van der Waals surface area contributed by atoms with Crippen molar-refractivity contribution in [1.29, 1.82) is 0 Å². The van der Waals surface area contributed by atoms with E-state index in [1.54, 1.807) is 20.9 Å². The van der Waals surface area contributed by atoms with Crippen LogP contribution < -0.4 is 5.73 Å². The summed E-state index contributed by atoms with van der Waals surface area (Å²) in [7, 11) is 1.67. The molecule has 0 radical (unpaired) electrons. The summed E-state index contributed by atoms with van der Waals surface area (Å²) in [6, 6.07) is 0. The Bertz CT molecular complexity index is 267. The molecule has 0 aromatic carbocycles. The number of hydrogen-bond acceptors (Lipinski definition) is 3. The molecule has 94 valence electrons. The zero-order valence-electron chi connectivity index (χ0n) is 10.5. The second kappa shape index (κ2) is 6.15. The van der Waals surface area contributed by atoms with Crippen LogP contribution in [-0.4, -0.2) is 40.1 Å². The van der Waals surface area contributed by atoms with Gasteiger partial charge in [0.05, 0.1) is 23.1 Å². The molecular formula is C11H22N2O2S. The first-order valence-electron chi connectivity index (χ1n) is 5.45. The summed E-state index contributed by atoms with van der Waals surface area (Å²) >= 11 is 4.90. The third-order valence-electron chi connectivity index (χ3n) is 2.84. The lowest BCUT2D eigenvalue weighted by molar-refractivity contribution is -0.138. The highest BCUT2D eigenvalue weighted by atomic mass is 32.1. The topological polar surface area (TPSA) is 66.6 Å². The molecule has 0 heterocycles. The van der Waals surface area contributed by atoms with E-state index in [1.165, 1.54) is 4.90 Å². The van der Waals surface area contributed by atoms with Gasteiger partial charge in [-0.25, -0.2) is 0 Å². The Morgan fingerprint density at radius 3 is 2.38 bits per heavy atom. The fourth-order valence-electron chi connectivity index (χ4n) is 1.31. The number of amides is 1. The van der Waals surface area contributed by atoms with Gasteiger partial charge in [0.2, 0.25) is 5.91 Å². The van der Waals surface area contributed by atoms with Crippen LogP contribution >= 0.6 is 12.2 Å². The molecule has 0 aliphatic heterocycles. The van der Waals surface area contributed by atoms with Crippen LogP contribution in [0.5, 0.6) is 0 Å². The second-order valence-electron chi connectivity index (χ2n) is 4.61. The summed E-state index contributed by atoms with van der Waals surface area (Å²) in [6.07, 6.45) is 1.50. The quantitative estimate of drug-likeness (QED) is 0.684. The lowest BCUT2D eigenvalue weighted by atomic mass is 9.98. The number of nitrogens with zero attached hydrogens (tertiary/aromatic N) is 1. The maximum absolute atomic E-state index is 12.1. The van der Waals surface area contributed by atoms with Gasteiger partial charge >= 0.3 is 0 Å². The van der Waals surface area contributed by atoms with E-state index < -0.39 is 11.5 Å². The van der Waals surface area contributed by atoms with Gasteiger partial charge in [0.1, 0.15) is 0 Å². The van der Waals surface area contributed by atoms with Gasteiger partial charge in [0.25, 0.3) is 0 Å². The van der Waals surface area contributed by atoms with Gasteiger partial charge in [-0.2, -0.15) is 0 Å². The molecule has 4 nitrogen and oxygen atoms in total. The van der Waals surface area contributed by atoms with Crippen molar-refractivity contribution in [3.05, 3.63) is 0 Å². The standard InChI is InChI=1S/C11H22N2O2S/c1-5-6-8(9(12)16)10(15)13(4)11(2,3)7-14/h8,14H,5-7H2,1-4H3,(H2,12,16). The van der Waals surface area contributed by atoms with Crippen LogP contribution in [0.2, 0.25) is 0 Å². The maximum atomic E-state index is 12.1. The lowest BCUT2D eigenvalue weighted by Gasteiger charge is -2.36. The molecule has 1 amide bonds. The Hall–Kier alpha value is -0.680. The molecule has 0 aliphatic rings. The normalized spacial score (nSPS) is 13.3. The smallest absolute Gasteiger partial charge is 0.232 e. The zero-order chi connectivity index (χ0) is 12.9. The Labute approximate surface area is 103 Å². The van der Waals surface area contributed by atoms with Crippen LogP contribution in [0, 0.1) is 5.92 Å². The minimum Gasteiger partial charge on any atom is -0.394 e. The number of carbonyl (C=O) groups is 1. The van der Waals surface area contributed by atoms with E-state index in [1.807, 2.05) is 6.92 Å². The average Bonchev–Trinajstić information content (AvgIpc) is 2.23. The molecule has 16 heavy (non-hydrogen) atoms. The predicted molar refractivity (Wildman–Crippen MR) is 69.1 cm³/mol. The second-order valence-corrected chi connectivity index (χ2v) is 5.08. The molecule has 5 heteroatoms. The van der Waals surface area contributed by atoms with Gasteiger partial charge in [0, 0.05) is 7.05 Å². The summed E-state index contributed by atoms with van der Waals surface area (Å²) in [5.41, 5.74) is 4.98. The van der Waals surface area contributed by atoms with Crippen molar-refractivity contribution in [3.8, 4) is 0 Å². The highest BCUT2D eigenvalue weighted by Gasteiger charge is 2.32. The van der Waals surface area contributed by atoms with Crippen molar-refractivity contribution in [1.82, 2.24) is 4.90 Å². The van der Waals surface area contributed by atoms with Crippen molar-refractivity contribution in [3.63, 3.8) is 0 Å². The molecule has 1 unspecified atom stereocenters. The van der Waals surface area contributed by atoms with E-state index in [0.717, 1.165) is 6.42 Å². The first-order chi connectivity index (χ1) is 7.27. The van der Waals surface area contributed by atoms with Crippen LogP contribution in [0.4, 0.5) is 0 Å². The van der Waals surface area contributed by atoms with Gasteiger partial charge < -0.3 is 15.7 Å². The van der Waals surface area contributed by atoms with E-state index in [2.05, 4.69) is 0 Å². The summed E-state index contributed by atoms with van der Waals surface area (Å²) in [5.74, 6) is -0.538. The molecule has 0 aromatic heterocycles. The van der Waals surface area contributed by atoms with Gasteiger partial charge in [-0.15, -0.1) is 0 Å². The van der Waals surface area contributed by atoms with Crippen LogP contribution in [0.25, 0.3) is 0 Å². The van der Waals surface area contributed by atoms with Gasteiger partial charge in [-0.1, -0.05) is 25.6 Å². The molecule has 0 bridgehead atoms. The third kappa shape index (κ3) is 3.72. The van der Waals surface area contributed by atoms with Crippen LogP contribution in [0.3, 0.4) is 0 Å². The Morgan fingerprint density at radius 2 is 2.06 bits per heavy atom. The Kier molecular flexibility index (Phi) is 5.89. The van der Waals surface area contributed by atoms with E-state index in [-0.39, 0.29) is 17.5 Å². The van der Waals surface area contributed by atoms with E-state index >= 15 is 0 Å². The fraction of sp³-hybridized carbons (Fsp3) is 0.818. The molecule has 0 aliphatic carbocycles. The molecule has 0 aromatic rings. The minimum absolute atomic E-state index is 0.0918. The summed E-state index contributed by atoms with van der Waals surface area (Å²) in [4.78, 5) is 13.9. The number of aliphatic hydroxyl groups is 1. The van der Waals surface area contributed by atoms with Crippen molar-refractivity contribution >= 4 is 23.1 Å². The van der Waals surface area contributed by atoms with Crippen molar-refractivity contribution in [2.75, 3.05) is 13.7 Å². The summed E-state index contributed by atoms with van der Waals surface area (Å²) < 4.78 is 0. The monoisotopic (exact) mass is 246 g/mol. The van der Waals surface area contributed by atoms with Crippen molar-refractivity contribution in [2.24, 2.45) is 11.7 Å². The molecule has 0 saturated heterocycles. The van der Waals surface area contributed by atoms with E-state index in [0.29, 0.717) is 6.42 Å². The van der Waals surface area contributed by atoms with Gasteiger partial charge in [-0.05, 0) is 20.3 Å². The highest BCUT2D eigenvalue weighted by Crippen LogP contribution is 2.18. The molecule has 0 fully saturated rings. The van der Waals surface area contributed by atoms with Crippen LogP contribution in [0.1, 0.15) is 33.6 Å². The van der Waals surface area contributed by atoms with Crippen molar-refractivity contribution in [2.45, 2.75) is 39.2 Å². The molecule has 3 N–H and O–H groups in total. The zero-order valence-corrected chi connectivity index (χ0v) is 11.3. The number of thiocarbonyl (C=S) groups is 1. The minimum atomic E-state index is -0.589. The van der Waals surface area contributed by atoms with Crippen LogP contribution in [-0.2, 0) is 4.79 Å². The Morgan fingerprint density at radius 1 is 1.56 bits per heavy atom. The first kappa shape index (κ1) is 15.3. The Balaban J connectivity index is 4.81. The molecule has 1 atom stereocenters. The largest absolute Gasteiger partial charge is 0.394 e. The van der Waals surface area contributed by atoms with E-state index in [4.69, 9.17) is 18.0 Å². The summed E-state index contributed by atoms with van der Waals surface area (Å²) in [5, 5.41) is 9.21. The van der Waals surface area contributed by atoms with E-state index in [9.17, 15) is 9.90 Å². The first-order valence-corrected chi connectivity index (χ1v) is 5.86. The van der Waals surface area contributed by atoms with Crippen molar-refractivity contribution < 1.29 is 9.90 Å². The predicted octanol–water partition coefficient (Wildman–Crippen LogP) is 0.918. The lowest BCUT2D eigenvalue weighted by Crippen LogP contribution is -2.51. The number of nitrogens with two attached hydrogens (primary N) is 1. The SMILES string of the molecule is CCCC(C(=O)N(C)C(C)(C)CO)C(N)=S. The number of hydrogen-bond donors (Lipinski definition) is 2. The number of rotatable bonds is 6. The molecular weight excluding hydrogens is 224 g/mol. The maximum Gasteiger partial charge on any atom is 0.232 e. The average molecular weight is 246 g/mol. The molecule has 0 spiro atoms. The van der Waals surface area contributed by atoms with Crippen LogP contribution in [0.15, 0.2) is 0 Å². The highest BCUT2D eigenvalue weighted by molar-refractivity contribution is 7.80.